The van der Waals surface area contributed by atoms with Crippen molar-refractivity contribution in [3.05, 3.63) is 29.3 Å². The van der Waals surface area contributed by atoms with Crippen molar-refractivity contribution in [3.8, 4) is 5.75 Å². The third-order valence-electron chi connectivity index (χ3n) is 3.28. The first-order valence-electron chi connectivity index (χ1n) is 5.59. The van der Waals surface area contributed by atoms with Gasteiger partial charge in [0.05, 0.1) is 5.92 Å². The lowest BCUT2D eigenvalue weighted by Crippen LogP contribution is -2.18. The number of benzene rings is 1. The van der Waals surface area contributed by atoms with Gasteiger partial charge in [-0.05, 0) is 55.4 Å². The maximum Gasteiger partial charge on any atom is 0.307 e. The largest absolute Gasteiger partial charge is 0.508 e. The Balaban J connectivity index is 2.17. The molecule has 2 N–H and O–H groups in total. The normalized spacial score (nSPS) is 17.1. The molecule has 1 atom stereocenters. The summed E-state index contributed by atoms with van der Waals surface area (Å²) in [6.07, 6.45) is 2.57. The van der Waals surface area contributed by atoms with Gasteiger partial charge in [0.2, 0.25) is 0 Å². The summed E-state index contributed by atoms with van der Waals surface area (Å²) in [7, 11) is 0. The summed E-state index contributed by atoms with van der Waals surface area (Å²) >= 11 is 0. The summed E-state index contributed by atoms with van der Waals surface area (Å²) in [6, 6.07) is 5.13. The fraction of sp³-hybridized carbons (Fsp3) is 0.462. The highest BCUT2D eigenvalue weighted by atomic mass is 16.4. The molecule has 0 aliphatic heterocycles. The van der Waals surface area contributed by atoms with Crippen molar-refractivity contribution >= 4 is 5.97 Å². The van der Waals surface area contributed by atoms with E-state index in [0.717, 1.165) is 24.0 Å². The lowest BCUT2D eigenvalue weighted by molar-refractivity contribution is -0.142. The summed E-state index contributed by atoms with van der Waals surface area (Å²) < 4.78 is 0. The van der Waals surface area contributed by atoms with Crippen molar-refractivity contribution in [1.29, 1.82) is 0 Å². The summed E-state index contributed by atoms with van der Waals surface area (Å²) in [5.74, 6) is -0.467. The molecule has 16 heavy (non-hydrogen) atoms. The van der Waals surface area contributed by atoms with E-state index in [-0.39, 0.29) is 11.7 Å². The van der Waals surface area contributed by atoms with Gasteiger partial charge >= 0.3 is 5.97 Å². The Morgan fingerprint density at radius 1 is 1.50 bits per heavy atom. The second-order valence-corrected chi connectivity index (χ2v) is 4.60. The van der Waals surface area contributed by atoms with Crippen molar-refractivity contribution in [2.75, 3.05) is 0 Å². The van der Waals surface area contributed by atoms with Crippen LogP contribution in [0, 0.1) is 18.8 Å². The molecule has 1 saturated carbocycles. The average Bonchev–Trinajstić information content (AvgIpc) is 3.02. The van der Waals surface area contributed by atoms with Crippen LogP contribution in [-0.2, 0) is 11.2 Å². The number of carbonyl (C=O) groups is 1. The average molecular weight is 220 g/mol. The molecule has 3 nitrogen and oxygen atoms in total. The highest BCUT2D eigenvalue weighted by Gasteiger charge is 2.36. The second kappa shape index (κ2) is 4.16. The molecule has 0 aromatic heterocycles. The standard InChI is InChI=1S/C13H16O3/c1-8-2-5-11(14)6-10(8)7-12(13(15)16)9-3-4-9/h2,5-6,9,12,14H,3-4,7H2,1H3,(H,15,16). The smallest absolute Gasteiger partial charge is 0.307 e. The van der Waals surface area contributed by atoms with Crippen LogP contribution in [0.4, 0.5) is 0 Å². The molecular weight excluding hydrogens is 204 g/mol. The molecule has 0 saturated heterocycles. The number of rotatable bonds is 4. The Morgan fingerprint density at radius 2 is 2.19 bits per heavy atom. The Labute approximate surface area is 94.7 Å². The van der Waals surface area contributed by atoms with Gasteiger partial charge < -0.3 is 10.2 Å². The van der Waals surface area contributed by atoms with E-state index in [1.165, 1.54) is 0 Å². The van der Waals surface area contributed by atoms with Gasteiger partial charge in [-0.25, -0.2) is 0 Å². The minimum Gasteiger partial charge on any atom is -0.508 e. The number of hydrogen-bond acceptors (Lipinski definition) is 2. The number of carboxylic acid groups (broad SMARTS) is 1. The van der Waals surface area contributed by atoms with Crippen molar-refractivity contribution in [3.63, 3.8) is 0 Å². The van der Waals surface area contributed by atoms with E-state index in [1.54, 1.807) is 12.1 Å². The van der Waals surface area contributed by atoms with Crippen LogP contribution < -0.4 is 0 Å². The van der Waals surface area contributed by atoms with Crippen molar-refractivity contribution in [1.82, 2.24) is 0 Å². The molecule has 2 rings (SSSR count). The van der Waals surface area contributed by atoms with E-state index >= 15 is 0 Å². The lowest BCUT2D eigenvalue weighted by atomic mass is 9.92. The van der Waals surface area contributed by atoms with Crippen LogP contribution >= 0.6 is 0 Å². The predicted octanol–water partition coefficient (Wildman–Crippen LogP) is 2.35. The predicted molar refractivity (Wildman–Crippen MR) is 60.4 cm³/mol. The molecule has 0 radical (unpaired) electrons. The highest BCUT2D eigenvalue weighted by Crippen LogP contribution is 2.39. The summed E-state index contributed by atoms with van der Waals surface area (Å²) in [6.45, 7) is 1.95. The molecule has 1 aromatic carbocycles. The zero-order valence-corrected chi connectivity index (χ0v) is 9.31. The number of hydrogen-bond donors (Lipinski definition) is 2. The summed E-state index contributed by atoms with van der Waals surface area (Å²) in [4.78, 5) is 11.1. The monoisotopic (exact) mass is 220 g/mol. The number of phenolic OH excluding ortho intramolecular Hbond substituents is 1. The van der Waals surface area contributed by atoms with E-state index in [9.17, 15) is 9.90 Å². The van der Waals surface area contributed by atoms with Gasteiger partial charge in [-0.1, -0.05) is 6.07 Å². The molecule has 0 heterocycles. The number of aryl methyl sites for hydroxylation is 1. The number of carboxylic acids is 1. The Hall–Kier alpha value is -1.51. The third-order valence-corrected chi connectivity index (χ3v) is 3.28. The molecule has 0 amide bonds. The van der Waals surface area contributed by atoms with Crippen molar-refractivity contribution < 1.29 is 15.0 Å². The number of aromatic hydroxyl groups is 1. The highest BCUT2D eigenvalue weighted by molar-refractivity contribution is 5.71. The van der Waals surface area contributed by atoms with Crippen LogP contribution in [-0.4, -0.2) is 16.2 Å². The van der Waals surface area contributed by atoms with E-state index < -0.39 is 5.97 Å². The minimum atomic E-state index is -0.717. The zero-order chi connectivity index (χ0) is 11.7. The zero-order valence-electron chi connectivity index (χ0n) is 9.31. The quantitative estimate of drug-likeness (QED) is 0.818. The molecule has 0 bridgehead atoms. The Bertz CT molecular complexity index is 408. The molecule has 3 heteroatoms. The van der Waals surface area contributed by atoms with Crippen LogP contribution in [0.3, 0.4) is 0 Å². The van der Waals surface area contributed by atoms with Crippen molar-refractivity contribution in [2.24, 2.45) is 11.8 Å². The Morgan fingerprint density at radius 3 is 2.75 bits per heavy atom. The summed E-state index contributed by atoms with van der Waals surface area (Å²) in [5, 5.41) is 18.5. The van der Waals surface area contributed by atoms with Gasteiger partial charge in [0, 0.05) is 0 Å². The SMILES string of the molecule is Cc1ccc(O)cc1CC(C(=O)O)C1CC1. The van der Waals surface area contributed by atoms with Gasteiger partial charge in [0.15, 0.2) is 0 Å². The molecule has 1 aromatic rings. The molecule has 1 fully saturated rings. The second-order valence-electron chi connectivity index (χ2n) is 4.60. The van der Waals surface area contributed by atoms with E-state index in [2.05, 4.69) is 0 Å². The van der Waals surface area contributed by atoms with E-state index in [0.29, 0.717) is 12.3 Å². The van der Waals surface area contributed by atoms with Crippen LogP contribution in [0.1, 0.15) is 24.0 Å². The van der Waals surface area contributed by atoms with Crippen LogP contribution in [0.25, 0.3) is 0 Å². The van der Waals surface area contributed by atoms with Gasteiger partial charge in [0.25, 0.3) is 0 Å². The molecule has 1 aliphatic carbocycles. The molecular formula is C13H16O3. The van der Waals surface area contributed by atoms with E-state index in [4.69, 9.17) is 5.11 Å². The van der Waals surface area contributed by atoms with Gasteiger partial charge in [-0.2, -0.15) is 0 Å². The fourth-order valence-electron chi connectivity index (χ4n) is 2.07. The number of aliphatic carboxylic acids is 1. The minimum absolute atomic E-state index is 0.209. The third kappa shape index (κ3) is 2.35. The van der Waals surface area contributed by atoms with E-state index in [1.807, 2.05) is 13.0 Å². The first-order valence-corrected chi connectivity index (χ1v) is 5.59. The van der Waals surface area contributed by atoms with Gasteiger partial charge in [-0.3, -0.25) is 4.79 Å². The molecule has 1 aliphatic rings. The fourth-order valence-corrected chi connectivity index (χ4v) is 2.07. The van der Waals surface area contributed by atoms with Crippen LogP contribution in [0.15, 0.2) is 18.2 Å². The number of phenols is 1. The van der Waals surface area contributed by atoms with Crippen LogP contribution in [0.5, 0.6) is 5.75 Å². The topological polar surface area (TPSA) is 57.5 Å². The summed E-state index contributed by atoms with van der Waals surface area (Å²) in [5.41, 5.74) is 1.99. The van der Waals surface area contributed by atoms with Crippen molar-refractivity contribution in [2.45, 2.75) is 26.2 Å². The first-order chi connectivity index (χ1) is 7.58. The molecule has 1 unspecified atom stereocenters. The Kier molecular flexibility index (Phi) is 2.86. The maximum atomic E-state index is 11.1. The molecule has 0 spiro atoms. The van der Waals surface area contributed by atoms with Gasteiger partial charge in [-0.15, -0.1) is 0 Å². The van der Waals surface area contributed by atoms with Crippen LogP contribution in [0.2, 0.25) is 0 Å². The molecule has 86 valence electrons. The lowest BCUT2D eigenvalue weighted by Gasteiger charge is -2.13. The first kappa shape index (κ1) is 11.0. The maximum absolute atomic E-state index is 11.1. The van der Waals surface area contributed by atoms with Gasteiger partial charge in [0.1, 0.15) is 5.75 Å².